The van der Waals surface area contributed by atoms with Crippen LogP contribution in [0.4, 0.5) is 0 Å². The van der Waals surface area contributed by atoms with E-state index in [9.17, 15) is 19.8 Å². The topological polar surface area (TPSA) is 134 Å². The summed E-state index contributed by atoms with van der Waals surface area (Å²) in [6, 6.07) is 1.04. The zero-order valence-electron chi connectivity index (χ0n) is 12.5. The van der Waals surface area contributed by atoms with Crippen molar-refractivity contribution in [3.63, 3.8) is 0 Å². The van der Waals surface area contributed by atoms with Crippen molar-refractivity contribution < 1.29 is 29.8 Å². The van der Waals surface area contributed by atoms with Crippen molar-refractivity contribution in [2.24, 2.45) is 0 Å². The number of allylic oxidation sites excluding steroid dienone is 6. The van der Waals surface area contributed by atoms with Gasteiger partial charge >= 0.3 is 5.63 Å². The number of aliphatic hydroxyl groups is 1. The molecule has 0 aliphatic heterocycles. The molecule has 1 heterocycles. The van der Waals surface area contributed by atoms with E-state index in [1.54, 1.807) is 0 Å². The first-order chi connectivity index (χ1) is 11.3. The maximum atomic E-state index is 12.0. The molecule has 0 fully saturated rings. The van der Waals surface area contributed by atoms with Crippen LogP contribution in [0.3, 0.4) is 0 Å². The van der Waals surface area contributed by atoms with Gasteiger partial charge in [-0.2, -0.15) is 0 Å². The fraction of sp³-hybridized carbons (Fsp3) is 0.125. The van der Waals surface area contributed by atoms with Crippen LogP contribution in [0.25, 0.3) is 0 Å². The lowest BCUT2D eigenvalue weighted by Gasteiger charge is -2.15. The summed E-state index contributed by atoms with van der Waals surface area (Å²) >= 11 is 0. The molecule has 8 nitrogen and oxygen atoms in total. The van der Waals surface area contributed by atoms with E-state index in [2.05, 4.69) is 0 Å². The van der Waals surface area contributed by atoms with Gasteiger partial charge in [0.25, 0.3) is 0 Å². The van der Waals surface area contributed by atoms with E-state index in [1.165, 1.54) is 37.3 Å². The predicted octanol–water partition coefficient (Wildman–Crippen LogP) is 0.582. The average molecular weight is 332 g/mol. The predicted molar refractivity (Wildman–Crippen MR) is 79.4 cm³/mol. The molecule has 8 heteroatoms. The van der Waals surface area contributed by atoms with E-state index in [1.807, 2.05) is 0 Å². The first-order valence-electron chi connectivity index (χ1n) is 6.80. The number of hydrogen-bond donors (Lipinski definition) is 3. The minimum Gasteiger partial charge on any atom is -0.872 e. The van der Waals surface area contributed by atoms with Crippen LogP contribution in [0.15, 0.2) is 63.0 Å². The van der Waals surface area contributed by atoms with Gasteiger partial charge in [0.15, 0.2) is 5.78 Å². The molecule has 1 aliphatic carbocycles. The first-order valence-corrected chi connectivity index (χ1v) is 6.80. The van der Waals surface area contributed by atoms with Gasteiger partial charge in [0, 0.05) is 0 Å². The summed E-state index contributed by atoms with van der Waals surface area (Å²) < 4.78 is 4.73. The second-order valence-corrected chi connectivity index (χ2v) is 4.94. The average Bonchev–Trinajstić information content (AvgIpc) is 2.65. The highest BCUT2D eigenvalue weighted by molar-refractivity contribution is 6.06. The molecule has 1 aromatic rings. The number of carbonyl (C=O) groups excluding carboxylic acids is 1. The van der Waals surface area contributed by atoms with Gasteiger partial charge < -0.3 is 14.6 Å². The van der Waals surface area contributed by atoms with Crippen LogP contribution >= 0.6 is 0 Å². The minimum absolute atomic E-state index is 0.106. The summed E-state index contributed by atoms with van der Waals surface area (Å²) in [4.78, 5) is 23.7. The van der Waals surface area contributed by atoms with E-state index in [0.717, 1.165) is 12.1 Å². The van der Waals surface area contributed by atoms with Crippen molar-refractivity contribution >= 4 is 5.78 Å². The highest BCUT2D eigenvalue weighted by atomic mass is 16.8. The molecule has 0 spiro atoms. The van der Waals surface area contributed by atoms with Gasteiger partial charge in [-0.15, -0.1) is 5.23 Å². The van der Waals surface area contributed by atoms with Gasteiger partial charge in [-0.3, -0.25) is 15.2 Å². The minimum atomic E-state index is -1.25. The Hall–Kier alpha value is -2.94. The Morgan fingerprint density at radius 2 is 2.12 bits per heavy atom. The summed E-state index contributed by atoms with van der Waals surface area (Å²) in [5, 5.41) is 39.3. The number of hydroxylamine groups is 2. The molecule has 1 aromatic heterocycles. The monoisotopic (exact) mass is 332 g/mol. The molecule has 1 atom stereocenters. The molecule has 24 heavy (non-hydrogen) atoms. The smallest absolute Gasteiger partial charge is 0.346 e. The zero-order chi connectivity index (χ0) is 17.9. The van der Waals surface area contributed by atoms with E-state index in [0.29, 0.717) is 5.57 Å². The molecule has 0 radical (unpaired) electrons. The Morgan fingerprint density at radius 3 is 2.75 bits per heavy atom. The fourth-order valence-electron chi connectivity index (χ4n) is 2.02. The van der Waals surface area contributed by atoms with Crippen molar-refractivity contribution in [3.05, 3.63) is 75.5 Å². The van der Waals surface area contributed by atoms with E-state index in [-0.39, 0.29) is 16.7 Å². The van der Waals surface area contributed by atoms with Gasteiger partial charge in [0.2, 0.25) is 0 Å². The van der Waals surface area contributed by atoms with E-state index >= 15 is 0 Å². The standard InChI is InChI=1S/C16H15NO7/c1-9-7-14(20)15(16(21)24-9)13(19)6-5-10-3-2-4-12(18)11(8-10)17(22)23/h2-8,12,18,20,22-23H,1H3/p-1/b6-5+. The van der Waals surface area contributed by atoms with Gasteiger partial charge in [-0.05, 0) is 30.7 Å². The SMILES string of the molecule is Cc1cc([O-])c(C(=O)/C=C/C2=CC=CC(O)C(N(O)O)=C2)c(=O)o1. The lowest BCUT2D eigenvalue weighted by Crippen LogP contribution is -2.22. The molecule has 1 aliphatic rings. The third-order valence-corrected chi connectivity index (χ3v) is 3.14. The van der Waals surface area contributed by atoms with Crippen molar-refractivity contribution in [2.45, 2.75) is 13.0 Å². The van der Waals surface area contributed by atoms with Crippen LogP contribution in [-0.4, -0.2) is 32.6 Å². The Balaban J connectivity index is 2.31. The van der Waals surface area contributed by atoms with Gasteiger partial charge in [-0.25, -0.2) is 4.79 Å². The van der Waals surface area contributed by atoms with Crippen LogP contribution in [0, 0.1) is 6.92 Å². The Labute approximate surface area is 136 Å². The largest absolute Gasteiger partial charge is 0.872 e. The van der Waals surface area contributed by atoms with Crippen molar-refractivity contribution in [2.75, 3.05) is 0 Å². The van der Waals surface area contributed by atoms with Gasteiger partial charge in [0.1, 0.15) is 17.6 Å². The van der Waals surface area contributed by atoms with Crippen LogP contribution in [-0.2, 0) is 0 Å². The maximum absolute atomic E-state index is 12.0. The lowest BCUT2D eigenvalue weighted by molar-refractivity contribution is -0.284. The molecule has 0 bridgehead atoms. The Kier molecular flexibility index (Phi) is 5.14. The third-order valence-electron chi connectivity index (χ3n) is 3.14. The quantitative estimate of drug-likeness (QED) is 0.414. The fourth-order valence-corrected chi connectivity index (χ4v) is 2.02. The number of hydrogen-bond acceptors (Lipinski definition) is 8. The van der Waals surface area contributed by atoms with Crippen molar-refractivity contribution in [3.8, 4) is 5.75 Å². The first kappa shape index (κ1) is 17.4. The number of ketones is 1. The second kappa shape index (κ2) is 7.09. The van der Waals surface area contributed by atoms with Gasteiger partial charge in [0.05, 0.1) is 5.56 Å². The summed E-state index contributed by atoms with van der Waals surface area (Å²) in [7, 11) is 0. The number of rotatable bonds is 4. The lowest BCUT2D eigenvalue weighted by atomic mass is 10.1. The van der Waals surface area contributed by atoms with Crippen molar-refractivity contribution in [1.82, 2.24) is 5.23 Å². The molecule has 1 unspecified atom stereocenters. The maximum Gasteiger partial charge on any atom is 0.346 e. The number of carbonyl (C=O) groups is 1. The third kappa shape index (κ3) is 3.87. The van der Waals surface area contributed by atoms with Gasteiger partial charge in [-0.1, -0.05) is 30.1 Å². The molecule has 0 saturated heterocycles. The summed E-state index contributed by atoms with van der Waals surface area (Å²) in [5.74, 6) is -1.48. The highest BCUT2D eigenvalue weighted by Gasteiger charge is 2.15. The summed E-state index contributed by atoms with van der Waals surface area (Å²) in [6.45, 7) is 1.42. The molecular weight excluding hydrogens is 318 g/mol. The summed E-state index contributed by atoms with van der Waals surface area (Å²) in [6.07, 6.45) is 6.42. The molecule has 2 rings (SSSR count). The normalized spacial score (nSPS) is 17.4. The van der Waals surface area contributed by atoms with Crippen LogP contribution in [0.5, 0.6) is 5.75 Å². The van der Waals surface area contributed by atoms with Crippen molar-refractivity contribution in [1.29, 1.82) is 0 Å². The molecule has 3 N–H and O–H groups in total. The molecular formula is C16H14NO7-. The van der Waals surface area contributed by atoms with E-state index in [4.69, 9.17) is 14.8 Å². The molecule has 0 amide bonds. The number of aliphatic hydroxyl groups excluding tert-OH is 1. The second-order valence-electron chi connectivity index (χ2n) is 4.94. The zero-order valence-corrected chi connectivity index (χ0v) is 12.5. The highest BCUT2D eigenvalue weighted by Crippen LogP contribution is 2.17. The molecule has 0 aromatic carbocycles. The summed E-state index contributed by atoms with van der Waals surface area (Å²) in [5.41, 5.74) is -1.56. The van der Waals surface area contributed by atoms with Crippen LogP contribution in [0.1, 0.15) is 16.1 Å². The Bertz CT molecular complexity index is 827. The van der Waals surface area contributed by atoms with E-state index < -0.39 is 28.8 Å². The van der Waals surface area contributed by atoms with Crippen LogP contribution in [0.2, 0.25) is 0 Å². The van der Waals surface area contributed by atoms with Crippen LogP contribution < -0.4 is 10.7 Å². The number of nitrogens with zero attached hydrogens (tertiary/aromatic N) is 1. The number of aryl methyl sites for hydroxylation is 1. The molecule has 126 valence electrons. The molecule has 0 saturated carbocycles. The Morgan fingerprint density at radius 1 is 1.42 bits per heavy atom.